The molecule has 6 heteroatoms. The molecule has 6 nitrogen and oxygen atoms in total. The van der Waals surface area contributed by atoms with Gasteiger partial charge in [-0.2, -0.15) is 5.26 Å². The molecule has 1 aromatic carbocycles. The van der Waals surface area contributed by atoms with E-state index in [1.54, 1.807) is 0 Å². The van der Waals surface area contributed by atoms with E-state index in [1.165, 1.54) is 19.3 Å². The Morgan fingerprint density at radius 2 is 1.90 bits per heavy atom. The molecule has 164 valence electrons. The molecule has 30 heavy (non-hydrogen) atoms. The van der Waals surface area contributed by atoms with Crippen LogP contribution in [0.15, 0.2) is 24.3 Å². The molecule has 1 amide bonds. The minimum Gasteiger partial charge on any atom is -0.379 e. The lowest BCUT2D eigenvalue weighted by Gasteiger charge is -2.48. The van der Waals surface area contributed by atoms with E-state index >= 15 is 0 Å². The molecule has 0 spiro atoms. The van der Waals surface area contributed by atoms with E-state index in [0.29, 0.717) is 12.1 Å². The highest BCUT2D eigenvalue weighted by Gasteiger charge is 2.38. The van der Waals surface area contributed by atoms with E-state index in [0.717, 1.165) is 70.8 Å². The normalized spacial score (nSPS) is 19.4. The first kappa shape index (κ1) is 22.7. The average molecular weight is 413 g/mol. The summed E-state index contributed by atoms with van der Waals surface area (Å²) in [5, 5.41) is 12.2. The third kappa shape index (κ3) is 6.28. The van der Waals surface area contributed by atoms with Crippen LogP contribution in [0.25, 0.3) is 0 Å². The van der Waals surface area contributed by atoms with Crippen molar-refractivity contribution in [3.05, 3.63) is 35.4 Å². The van der Waals surface area contributed by atoms with Crippen molar-refractivity contribution in [2.45, 2.75) is 57.5 Å². The van der Waals surface area contributed by atoms with Gasteiger partial charge in [-0.15, -0.1) is 0 Å². The van der Waals surface area contributed by atoms with Gasteiger partial charge in [0.05, 0.1) is 31.4 Å². The van der Waals surface area contributed by atoms with Crippen LogP contribution in [0.1, 0.15) is 56.6 Å². The number of carbonyl (C=O) groups excluding carboxylic acids is 1. The van der Waals surface area contributed by atoms with Gasteiger partial charge in [0.2, 0.25) is 5.91 Å². The molecule has 2 fully saturated rings. The Kier molecular flexibility index (Phi) is 8.68. The molecule has 1 N–H and O–H groups in total. The van der Waals surface area contributed by atoms with Crippen LogP contribution in [0.2, 0.25) is 0 Å². The molecule has 1 aliphatic carbocycles. The maximum Gasteiger partial charge on any atom is 0.234 e. The molecule has 0 atom stereocenters. The molecule has 1 saturated carbocycles. The third-order valence-electron chi connectivity index (χ3n) is 6.48. The molecular formula is C24H36N4O2. The molecule has 1 heterocycles. The van der Waals surface area contributed by atoms with Gasteiger partial charge in [0, 0.05) is 31.7 Å². The van der Waals surface area contributed by atoms with Gasteiger partial charge in [0.25, 0.3) is 0 Å². The van der Waals surface area contributed by atoms with Gasteiger partial charge in [0.1, 0.15) is 0 Å². The van der Waals surface area contributed by atoms with Gasteiger partial charge >= 0.3 is 0 Å². The zero-order valence-corrected chi connectivity index (χ0v) is 18.4. The number of carbonyl (C=O) groups is 1. The summed E-state index contributed by atoms with van der Waals surface area (Å²) >= 11 is 0. The third-order valence-corrected chi connectivity index (χ3v) is 6.48. The summed E-state index contributed by atoms with van der Waals surface area (Å²) < 4.78 is 5.56. The largest absolute Gasteiger partial charge is 0.379 e. The molecule has 3 rings (SSSR count). The first-order valence-electron chi connectivity index (χ1n) is 11.5. The van der Waals surface area contributed by atoms with Gasteiger partial charge in [-0.25, -0.2) is 0 Å². The highest BCUT2D eigenvalue weighted by molar-refractivity contribution is 5.78. The van der Waals surface area contributed by atoms with Crippen LogP contribution in [0.5, 0.6) is 0 Å². The minimum absolute atomic E-state index is 0.0976. The number of nitrogens with one attached hydrogen (secondary N) is 1. The Hall–Kier alpha value is -1.94. The lowest BCUT2D eigenvalue weighted by molar-refractivity contribution is -0.123. The van der Waals surface area contributed by atoms with E-state index in [-0.39, 0.29) is 11.4 Å². The first-order chi connectivity index (χ1) is 14.6. The van der Waals surface area contributed by atoms with Crippen molar-refractivity contribution in [2.24, 2.45) is 0 Å². The molecule has 0 unspecified atom stereocenters. The lowest BCUT2D eigenvalue weighted by Crippen LogP contribution is -2.60. The Morgan fingerprint density at radius 3 is 2.53 bits per heavy atom. The number of amides is 1. The van der Waals surface area contributed by atoms with E-state index in [9.17, 15) is 4.79 Å². The summed E-state index contributed by atoms with van der Waals surface area (Å²) in [5.74, 6) is 0.107. The molecule has 1 aromatic rings. The zero-order valence-electron chi connectivity index (χ0n) is 18.4. The number of rotatable bonds is 9. The number of morpholine rings is 1. The van der Waals surface area contributed by atoms with E-state index in [2.05, 4.69) is 28.1 Å². The smallest absolute Gasteiger partial charge is 0.234 e. The second-order valence-corrected chi connectivity index (χ2v) is 8.68. The Balaban J connectivity index is 1.56. The monoisotopic (exact) mass is 412 g/mol. The molecular weight excluding hydrogens is 376 g/mol. The predicted octanol–water partition coefficient (Wildman–Crippen LogP) is 2.92. The number of nitrogens with zero attached hydrogens (tertiary/aromatic N) is 3. The van der Waals surface area contributed by atoms with Crippen molar-refractivity contribution >= 4 is 5.91 Å². The first-order valence-corrected chi connectivity index (χ1v) is 11.5. The topological polar surface area (TPSA) is 68.6 Å². The van der Waals surface area contributed by atoms with Gasteiger partial charge < -0.3 is 10.1 Å². The molecule has 0 bridgehead atoms. The number of nitriles is 1. The van der Waals surface area contributed by atoms with Crippen LogP contribution < -0.4 is 5.32 Å². The van der Waals surface area contributed by atoms with Crippen molar-refractivity contribution in [2.75, 3.05) is 45.9 Å². The number of benzene rings is 1. The molecule has 1 saturated heterocycles. The summed E-state index contributed by atoms with van der Waals surface area (Å²) in [5.41, 5.74) is 1.90. The van der Waals surface area contributed by atoms with Gasteiger partial charge in [0.15, 0.2) is 0 Å². The SMILES string of the molecule is CCCN(CC(=O)NCC1(N2CCOCC2)CCCCC1)Cc1ccc(C#N)cc1. The Bertz CT molecular complexity index is 701. The Labute approximate surface area is 181 Å². The molecule has 1 aliphatic heterocycles. The fourth-order valence-electron chi connectivity index (χ4n) is 4.85. The fourth-order valence-corrected chi connectivity index (χ4v) is 4.85. The quantitative estimate of drug-likeness (QED) is 0.675. The number of hydrogen-bond acceptors (Lipinski definition) is 5. The molecule has 0 aromatic heterocycles. The van der Waals surface area contributed by atoms with Crippen LogP contribution >= 0.6 is 0 Å². The summed E-state index contributed by atoms with van der Waals surface area (Å²) in [7, 11) is 0. The van der Waals surface area contributed by atoms with E-state index in [1.807, 2.05) is 24.3 Å². The lowest BCUT2D eigenvalue weighted by atomic mass is 9.79. The minimum atomic E-state index is 0.0976. The van der Waals surface area contributed by atoms with Gasteiger partial charge in [-0.3, -0.25) is 14.6 Å². The fraction of sp³-hybridized carbons (Fsp3) is 0.667. The van der Waals surface area contributed by atoms with Gasteiger partial charge in [-0.05, 0) is 43.5 Å². The van der Waals surface area contributed by atoms with Crippen LogP contribution in [0.4, 0.5) is 0 Å². The van der Waals surface area contributed by atoms with Crippen molar-refractivity contribution < 1.29 is 9.53 Å². The van der Waals surface area contributed by atoms with Crippen molar-refractivity contribution in [3.63, 3.8) is 0 Å². The number of ether oxygens (including phenoxy) is 1. The average Bonchev–Trinajstić information content (AvgIpc) is 2.79. The van der Waals surface area contributed by atoms with E-state index < -0.39 is 0 Å². The highest BCUT2D eigenvalue weighted by Crippen LogP contribution is 2.33. The summed E-state index contributed by atoms with van der Waals surface area (Å²) in [6, 6.07) is 9.80. The predicted molar refractivity (Wildman–Crippen MR) is 118 cm³/mol. The van der Waals surface area contributed by atoms with Crippen molar-refractivity contribution in [3.8, 4) is 6.07 Å². The standard InChI is InChI=1S/C24H36N4O2/c1-2-12-27(18-22-8-6-21(17-25)7-9-22)19-23(29)26-20-24(10-4-3-5-11-24)28-13-15-30-16-14-28/h6-9H,2-5,10-16,18-20H2,1H3,(H,26,29). The van der Waals surface area contributed by atoms with Crippen molar-refractivity contribution in [1.29, 1.82) is 5.26 Å². The van der Waals surface area contributed by atoms with E-state index in [4.69, 9.17) is 10.00 Å². The van der Waals surface area contributed by atoms with Crippen molar-refractivity contribution in [1.82, 2.24) is 15.1 Å². The summed E-state index contributed by atoms with van der Waals surface area (Å²) in [6.45, 7) is 8.42. The number of hydrogen-bond donors (Lipinski definition) is 1. The van der Waals surface area contributed by atoms with Crippen LogP contribution in [0.3, 0.4) is 0 Å². The summed E-state index contributed by atoms with van der Waals surface area (Å²) in [4.78, 5) is 17.6. The van der Waals surface area contributed by atoms with Crippen LogP contribution in [-0.4, -0.2) is 67.2 Å². The Morgan fingerprint density at radius 1 is 1.20 bits per heavy atom. The molecule has 0 radical (unpaired) electrons. The maximum absolute atomic E-state index is 12.8. The summed E-state index contributed by atoms with van der Waals surface area (Å²) in [6.07, 6.45) is 7.12. The second kappa shape index (κ2) is 11.5. The zero-order chi connectivity index (χ0) is 21.2. The second-order valence-electron chi connectivity index (χ2n) is 8.68. The van der Waals surface area contributed by atoms with Gasteiger partial charge in [-0.1, -0.05) is 38.3 Å². The van der Waals surface area contributed by atoms with Crippen LogP contribution in [0, 0.1) is 11.3 Å². The molecule has 2 aliphatic rings. The van der Waals surface area contributed by atoms with Crippen LogP contribution in [-0.2, 0) is 16.1 Å². The highest BCUT2D eigenvalue weighted by atomic mass is 16.5. The maximum atomic E-state index is 12.8.